The van der Waals surface area contributed by atoms with E-state index in [1.807, 2.05) is 12.3 Å². The zero-order valence-corrected chi connectivity index (χ0v) is 9.50. The molecule has 1 aromatic heterocycles. The van der Waals surface area contributed by atoms with E-state index in [1.165, 1.54) is 5.56 Å². The Morgan fingerprint density at radius 3 is 2.43 bits per heavy atom. The lowest BCUT2D eigenvalue weighted by molar-refractivity contribution is 0.191. The van der Waals surface area contributed by atoms with Crippen LogP contribution in [0.4, 0.5) is 0 Å². The van der Waals surface area contributed by atoms with Crippen LogP contribution < -0.4 is 4.74 Å². The Balaban J connectivity index is 2.52. The van der Waals surface area contributed by atoms with E-state index in [-0.39, 0.29) is 5.41 Å². The van der Waals surface area contributed by atoms with E-state index in [0.29, 0.717) is 6.61 Å². The van der Waals surface area contributed by atoms with Gasteiger partial charge in [-0.3, -0.25) is 0 Å². The van der Waals surface area contributed by atoms with Crippen LogP contribution in [0, 0.1) is 5.41 Å². The first kappa shape index (κ1) is 11.0. The van der Waals surface area contributed by atoms with Crippen LogP contribution in [0.5, 0.6) is 5.88 Å². The molecule has 14 heavy (non-hydrogen) atoms. The van der Waals surface area contributed by atoms with Crippen molar-refractivity contribution in [2.75, 3.05) is 6.61 Å². The Morgan fingerprint density at radius 2 is 2.00 bits per heavy atom. The van der Waals surface area contributed by atoms with Gasteiger partial charge in [0.25, 0.3) is 0 Å². The first-order valence-electron chi connectivity index (χ1n) is 5.09. The third-order valence-electron chi connectivity index (χ3n) is 1.86. The molecule has 78 valence electrons. The molecule has 2 heteroatoms. The van der Waals surface area contributed by atoms with E-state index >= 15 is 0 Å². The van der Waals surface area contributed by atoms with E-state index in [2.05, 4.69) is 38.7 Å². The number of hydrogen-bond donors (Lipinski definition) is 0. The Kier molecular flexibility index (Phi) is 3.50. The van der Waals surface area contributed by atoms with Crippen LogP contribution in [0.25, 0.3) is 0 Å². The molecular weight excluding hydrogens is 174 g/mol. The highest BCUT2D eigenvalue weighted by molar-refractivity contribution is 5.17. The van der Waals surface area contributed by atoms with Crippen molar-refractivity contribution in [1.82, 2.24) is 4.98 Å². The number of hydrogen-bond acceptors (Lipinski definition) is 2. The lowest BCUT2D eigenvalue weighted by Gasteiger charge is -2.18. The summed E-state index contributed by atoms with van der Waals surface area (Å²) in [5, 5.41) is 0. The van der Waals surface area contributed by atoms with E-state index in [4.69, 9.17) is 4.74 Å². The van der Waals surface area contributed by atoms with Gasteiger partial charge in [0.1, 0.15) is 0 Å². The number of pyridine rings is 1. The second-order valence-corrected chi connectivity index (χ2v) is 4.71. The van der Waals surface area contributed by atoms with Gasteiger partial charge in [-0.1, -0.05) is 33.8 Å². The molecule has 0 spiro atoms. The third kappa shape index (κ3) is 3.77. The highest BCUT2D eigenvalue weighted by Gasteiger charge is 2.11. The van der Waals surface area contributed by atoms with Gasteiger partial charge >= 0.3 is 0 Å². The predicted octanol–water partition coefficient (Wildman–Crippen LogP) is 3.07. The molecule has 0 bridgehead atoms. The van der Waals surface area contributed by atoms with Crippen molar-refractivity contribution in [2.45, 2.75) is 34.1 Å². The van der Waals surface area contributed by atoms with Crippen LogP contribution in [-0.2, 0) is 6.42 Å². The fraction of sp³-hybridized carbons (Fsp3) is 0.583. The largest absolute Gasteiger partial charge is 0.477 e. The predicted molar refractivity (Wildman–Crippen MR) is 58.6 cm³/mol. The maximum Gasteiger partial charge on any atom is 0.213 e. The van der Waals surface area contributed by atoms with Crippen molar-refractivity contribution in [3.05, 3.63) is 23.9 Å². The topological polar surface area (TPSA) is 22.1 Å². The third-order valence-corrected chi connectivity index (χ3v) is 1.86. The van der Waals surface area contributed by atoms with Gasteiger partial charge in [0.2, 0.25) is 5.88 Å². The van der Waals surface area contributed by atoms with Crippen molar-refractivity contribution in [1.29, 1.82) is 0 Å². The number of aryl methyl sites for hydroxylation is 1. The van der Waals surface area contributed by atoms with Gasteiger partial charge in [0.15, 0.2) is 0 Å². The molecule has 0 atom stereocenters. The van der Waals surface area contributed by atoms with Crippen molar-refractivity contribution < 1.29 is 4.74 Å². The summed E-state index contributed by atoms with van der Waals surface area (Å²) >= 11 is 0. The average Bonchev–Trinajstić information content (AvgIpc) is 2.14. The first-order valence-corrected chi connectivity index (χ1v) is 5.09. The van der Waals surface area contributed by atoms with Crippen LogP contribution >= 0.6 is 0 Å². The molecule has 0 radical (unpaired) electrons. The molecule has 0 amide bonds. The molecule has 0 saturated carbocycles. The summed E-state index contributed by atoms with van der Waals surface area (Å²) in [5.74, 6) is 0.720. The summed E-state index contributed by atoms with van der Waals surface area (Å²) in [6.45, 7) is 9.26. The molecule has 0 N–H and O–H groups in total. The van der Waals surface area contributed by atoms with Gasteiger partial charge in [-0.05, 0) is 17.4 Å². The Morgan fingerprint density at radius 1 is 1.29 bits per heavy atom. The molecule has 0 fully saturated rings. The summed E-state index contributed by atoms with van der Waals surface area (Å²) in [5.41, 5.74) is 1.43. The van der Waals surface area contributed by atoms with Gasteiger partial charge in [-0.2, -0.15) is 0 Å². The van der Waals surface area contributed by atoms with Crippen molar-refractivity contribution in [3.63, 3.8) is 0 Å². The number of nitrogens with zero attached hydrogens (tertiary/aromatic N) is 1. The van der Waals surface area contributed by atoms with Crippen LogP contribution in [-0.4, -0.2) is 11.6 Å². The summed E-state index contributed by atoms with van der Waals surface area (Å²) in [6.07, 6.45) is 2.89. The zero-order valence-electron chi connectivity index (χ0n) is 9.50. The molecule has 0 aliphatic rings. The molecule has 0 aliphatic carbocycles. The second kappa shape index (κ2) is 4.45. The Bertz CT molecular complexity index is 271. The Hall–Kier alpha value is -1.05. The maximum atomic E-state index is 5.56. The Labute approximate surface area is 86.3 Å². The maximum absolute atomic E-state index is 5.56. The fourth-order valence-corrected chi connectivity index (χ4v) is 0.996. The standard InChI is InChI=1S/C12H19NO/c1-5-10-6-7-11(13-8-10)14-9-12(2,3)4/h6-8H,5,9H2,1-4H3. The number of ether oxygens (including phenoxy) is 1. The smallest absolute Gasteiger partial charge is 0.213 e. The van der Waals surface area contributed by atoms with Crippen LogP contribution in [0.2, 0.25) is 0 Å². The monoisotopic (exact) mass is 193 g/mol. The molecule has 0 aromatic carbocycles. The molecule has 0 aliphatic heterocycles. The van der Waals surface area contributed by atoms with Gasteiger partial charge in [0, 0.05) is 12.3 Å². The average molecular weight is 193 g/mol. The second-order valence-electron chi connectivity index (χ2n) is 4.71. The fourth-order valence-electron chi connectivity index (χ4n) is 0.996. The normalized spacial score (nSPS) is 11.4. The molecule has 2 nitrogen and oxygen atoms in total. The van der Waals surface area contributed by atoms with Crippen LogP contribution in [0.15, 0.2) is 18.3 Å². The van der Waals surface area contributed by atoms with Gasteiger partial charge in [-0.25, -0.2) is 4.98 Å². The number of rotatable bonds is 3. The van der Waals surface area contributed by atoms with E-state index in [1.54, 1.807) is 0 Å². The first-order chi connectivity index (χ1) is 6.51. The molecule has 1 rings (SSSR count). The van der Waals surface area contributed by atoms with Gasteiger partial charge in [-0.15, -0.1) is 0 Å². The van der Waals surface area contributed by atoms with E-state index < -0.39 is 0 Å². The van der Waals surface area contributed by atoms with Crippen molar-refractivity contribution >= 4 is 0 Å². The van der Waals surface area contributed by atoms with E-state index in [0.717, 1.165) is 12.3 Å². The molecule has 0 unspecified atom stereocenters. The molecule has 0 saturated heterocycles. The highest BCUT2D eigenvalue weighted by Crippen LogP contribution is 2.16. The minimum atomic E-state index is 0.186. The lowest BCUT2D eigenvalue weighted by atomic mass is 9.99. The zero-order chi connectivity index (χ0) is 10.6. The highest BCUT2D eigenvalue weighted by atomic mass is 16.5. The minimum absolute atomic E-state index is 0.186. The van der Waals surface area contributed by atoms with E-state index in [9.17, 15) is 0 Å². The summed E-state index contributed by atoms with van der Waals surface area (Å²) in [6, 6.07) is 4.00. The van der Waals surface area contributed by atoms with Crippen LogP contribution in [0.3, 0.4) is 0 Å². The van der Waals surface area contributed by atoms with Crippen molar-refractivity contribution in [2.24, 2.45) is 5.41 Å². The number of aromatic nitrogens is 1. The molecule has 1 aromatic rings. The summed E-state index contributed by atoms with van der Waals surface area (Å²) in [7, 11) is 0. The lowest BCUT2D eigenvalue weighted by Crippen LogP contribution is -2.17. The quantitative estimate of drug-likeness (QED) is 0.736. The summed E-state index contributed by atoms with van der Waals surface area (Å²) in [4.78, 5) is 4.23. The van der Waals surface area contributed by atoms with Crippen molar-refractivity contribution in [3.8, 4) is 5.88 Å². The van der Waals surface area contributed by atoms with Gasteiger partial charge in [0.05, 0.1) is 6.61 Å². The van der Waals surface area contributed by atoms with Gasteiger partial charge < -0.3 is 4.74 Å². The molecular formula is C12H19NO. The minimum Gasteiger partial charge on any atom is -0.477 e. The van der Waals surface area contributed by atoms with Crippen LogP contribution in [0.1, 0.15) is 33.3 Å². The summed E-state index contributed by atoms with van der Waals surface area (Å²) < 4.78 is 5.56. The SMILES string of the molecule is CCc1ccc(OCC(C)(C)C)nc1. The molecule has 1 heterocycles.